The van der Waals surface area contributed by atoms with E-state index in [0.717, 1.165) is 0 Å². The predicted octanol–water partition coefficient (Wildman–Crippen LogP) is 3.59. The van der Waals surface area contributed by atoms with E-state index >= 15 is 0 Å². The summed E-state index contributed by atoms with van der Waals surface area (Å²) in [6.07, 6.45) is 4.94. The van der Waals surface area contributed by atoms with E-state index in [4.69, 9.17) is 0 Å². The molecule has 0 spiro atoms. The van der Waals surface area contributed by atoms with Gasteiger partial charge >= 0.3 is 6.03 Å². The fraction of sp³-hybridized carbons (Fsp3) is 0.556. The van der Waals surface area contributed by atoms with Crippen molar-refractivity contribution < 1.29 is 9.59 Å². The lowest BCUT2D eigenvalue weighted by molar-refractivity contribution is -0.118. The number of amides is 3. The minimum atomic E-state index is -0.152. The van der Waals surface area contributed by atoms with Crippen molar-refractivity contribution in [1.82, 2.24) is 5.32 Å². The molecule has 0 bridgehead atoms. The van der Waals surface area contributed by atoms with Crippen LogP contribution in [0.25, 0.3) is 0 Å². The molecule has 0 aromatic heterocycles. The van der Waals surface area contributed by atoms with Crippen LogP contribution in [0.2, 0.25) is 0 Å². The van der Waals surface area contributed by atoms with Gasteiger partial charge in [-0.25, -0.2) is 4.79 Å². The minimum absolute atomic E-state index is 0.0332. The summed E-state index contributed by atoms with van der Waals surface area (Å²) in [5, 5.41) is 8.85. The van der Waals surface area contributed by atoms with E-state index < -0.39 is 0 Å². The third-order valence-electron chi connectivity index (χ3n) is 4.47. The van der Waals surface area contributed by atoms with Crippen molar-refractivity contribution in [3.63, 3.8) is 0 Å². The zero-order valence-corrected chi connectivity index (χ0v) is 13.8. The molecule has 0 radical (unpaired) electrons. The minimum Gasteiger partial charge on any atom is -0.335 e. The molecule has 124 valence electrons. The molecule has 5 nitrogen and oxygen atoms in total. The first-order valence-electron chi connectivity index (χ1n) is 8.51. The molecule has 3 N–H and O–H groups in total. The first kappa shape index (κ1) is 15.8. The standard InChI is InChI=1S/C18H25N3O2/c1-11(2)17(22)19-14-4-3-5-15(10-14)20-18(23)21-16(12-6-7-12)13-8-9-13/h3-5,10-13,16H,6-9H2,1-2H3,(H,19,22)(H2,20,21,23). The van der Waals surface area contributed by atoms with Crippen LogP contribution >= 0.6 is 0 Å². The van der Waals surface area contributed by atoms with E-state index in [2.05, 4.69) is 16.0 Å². The molecule has 0 saturated heterocycles. The van der Waals surface area contributed by atoms with Gasteiger partial charge in [0.25, 0.3) is 0 Å². The van der Waals surface area contributed by atoms with Crippen molar-refractivity contribution in [3.05, 3.63) is 24.3 Å². The summed E-state index contributed by atoms with van der Waals surface area (Å²) in [6.45, 7) is 3.70. The maximum Gasteiger partial charge on any atom is 0.319 e. The Morgan fingerprint density at radius 1 is 1.00 bits per heavy atom. The maximum absolute atomic E-state index is 12.2. The predicted molar refractivity (Wildman–Crippen MR) is 91.3 cm³/mol. The molecule has 0 heterocycles. The number of nitrogens with one attached hydrogen (secondary N) is 3. The van der Waals surface area contributed by atoms with Crippen LogP contribution in [-0.2, 0) is 4.79 Å². The van der Waals surface area contributed by atoms with Crippen LogP contribution in [0, 0.1) is 17.8 Å². The smallest absolute Gasteiger partial charge is 0.319 e. The first-order valence-corrected chi connectivity index (χ1v) is 8.51. The zero-order valence-electron chi connectivity index (χ0n) is 13.8. The van der Waals surface area contributed by atoms with Crippen molar-refractivity contribution in [2.75, 3.05) is 10.6 Å². The SMILES string of the molecule is CC(C)C(=O)Nc1cccc(NC(=O)NC(C2CC2)C2CC2)c1. The highest BCUT2D eigenvalue weighted by molar-refractivity contribution is 5.94. The van der Waals surface area contributed by atoms with Crippen LogP contribution in [-0.4, -0.2) is 18.0 Å². The Hall–Kier alpha value is -2.04. The van der Waals surface area contributed by atoms with Crippen LogP contribution < -0.4 is 16.0 Å². The number of carbonyl (C=O) groups is 2. The number of benzene rings is 1. The molecule has 1 aromatic rings. The van der Waals surface area contributed by atoms with Crippen molar-refractivity contribution in [2.45, 2.75) is 45.6 Å². The van der Waals surface area contributed by atoms with E-state index in [9.17, 15) is 9.59 Å². The third-order valence-corrected chi connectivity index (χ3v) is 4.47. The fourth-order valence-corrected chi connectivity index (χ4v) is 2.81. The Balaban J connectivity index is 1.56. The molecule has 2 aliphatic rings. The summed E-state index contributed by atoms with van der Waals surface area (Å²) in [6, 6.07) is 7.43. The Morgan fingerprint density at radius 2 is 1.57 bits per heavy atom. The fourth-order valence-electron chi connectivity index (χ4n) is 2.81. The summed E-state index contributed by atoms with van der Waals surface area (Å²) < 4.78 is 0. The van der Waals surface area contributed by atoms with Crippen molar-refractivity contribution in [2.24, 2.45) is 17.8 Å². The number of hydrogen-bond donors (Lipinski definition) is 3. The van der Waals surface area contributed by atoms with Crippen molar-refractivity contribution in [1.29, 1.82) is 0 Å². The molecular weight excluding hydrogens is 290 g/mol. The molecule has 5 heteroatoms. The average Bonchev–Trinajstić information content (AvgIpc) is 3.38. The number of urea groups is 1. The van der Waals surface area contributed by atoms with Gasteiger partial charge in [-0.05, 0) is 55.7 Å². The van der Waals surface area contributed by atoms with Crippen molar-refractivity contribution >= 4 is 23.3 Å². The first-order chi connectivity index (χ1) is 11.0. The van der Waals surface area contributed by atoms with E-state index in [0.29, 0.717) is 29.3 Å². The summed E-state index contributed by atoms with van der Waals surface area (Å²) in [4.78, 5) is 24.0. The highest BCUT2D eigenvalue weighted by Gasteiger charge is 2.42. The van der Waals surface area contributed by atoms with Gasteiger partial charge in [-0.1, -0.05) is 19.9 Å². The molecule has 0 atom stereocenters. The largest absolute Gasteiger partial charge is 0.335 e. The Morgan fingerprint density at radius 3 is 2.09 bits per heavy atom. The summed E-state index contributed by atoms with van der Waals surface area (Å²) in [5.74, 6) is 1.23. The summed E-state index contributed by atoms with van der Waals surface area (Å²) in [7, 11) is 0. The van der Waals surface area contributed by atoms with Crippen LogP contribution in [0.4, 0.5) is 16.2 Å². The second-order valence-electron chi connectivity index (χ2n) is 7.02. The number of rotatable bonds is 6. The van der Waals surface area contributed by atoms with Gasteiger partial charge in [0.2, 0.25) is 5.91 Å². The van der Waals surface area contributed by atoms with Crippen LogP contribution in [0.5, 0.6) is 0 Å². The molecule has 23 heavy (non-hydrogen) atoms. The van der Waals surface area contributed by atoms with Gasteiger partial charge in [0.05, 0.1) is 0 Å². The van der Waals surface area contributed by atoms with Gasteiger partial charge in [0, 0.05) is 23.3 Å². The highest BCUT2D eigenvalue weighted by atomic mass is 16.2. The molecule has 1 aromatic carbocycles. The third kappa shape index (κ3) is 4.47. The van der Waals surface area contributed by atoms with Gasteiger partial charge < -0.3 is 16.0 Å². The van der Waals surface area contributed by atoms with Gasteiger partial charge in [-0.15, -0.1) is 0 Å². The molecule has 0 aliphatic heterocycles. The molecule has 2 aliphatic carbocycles. The molecule has 2 saturated carbocycles. The quantitative estimate of drug-likeness (QED) is 0.751. The van der Waals surface area contributed by atoms with Crippen LogP contribution in [0.15, 0.2) is 24.3 Å². The normalized spacial score (nSPS) is 17.2. The molecule has 3 rings (SSSR count). The summed E-state index contributed by atoms with van der Waals surface area (Å²) in [5.41, 5.74) is 1.39. The highest BCUT2D eigenvalue weighted by Crippen LogP contribution is 2.44. The Labute approximate surface area is 137 Å². The van der Waals surface area contributed by atoms with Gasteiger partial charge in [-0.2, -0.15) is 0 Å². The van der Waals surface area contributed by atoms with E-state index in [-0.39, 0.29) is 17.9 Å². The van der Waals surface area contributed by atoms with E-state index in [1.165, 1.54) is 25.7 Å². The molecule has 0 unspecified atom stereocenters. The zero-order chi connectivity index (χ0) is 16.4. The van der Waals surface area contributed by atoms with E-state index in [1.54, 1.807) is 6.07 Å². The topological polar surface area (TPSA) is 70.2 Å². The van der Waals surface area contributed by atoms with Crippen LogP contribution in [0.3, 0.4) is 0 Å². The lowest BCUT2D eigenvalue weighted by Crippen LogP contribution is -2.40. The van der Waals surface area contributed by atoms with Gasteiger partial charge in [0.15, 0.2) is 0 Å². The summed E-state index contributed by atoms with van der Waals surface area (Å²) >= 11 is 0. The van der Waals surface area contributed by atoms with Gasteiger partial charge in [-0.3, -0.25) is 4.79 Å². The second-order valence-corrected chi connectivity index (χ2v) is 7.02. The van der Waals surface area contributed by atoms with Gasteiger partial charge in [0.1, 0.15) is 0 Å². The second kappa shape index (κ2) is 6.60. The lowest BCUT2D eigenvalue weighted by atomic mass is 10.1. The Kier molecular flexibility index (Phi) is 4.55. The molecule has 3 amide bonds. The number of hydrogen-bond acceptors (Lipinski definition) is 2. The maximum atomic E-state index is 12.2. The average molecular weight is 315 g/mol. The van der Waals surface area contributed by atoms with Crippen LogP contribution in [0.1, 0.15) is 39.5 Å². The number of carbonyl (C=O) groups excluding carboxylic acids is 2. The van der Waals surface area contributed by atoms with E-state index in [1.807, 2.05) is 32.0 Å². The lowest BCUT2D eigenvalue weighted by Gasteiger charge is -2.18. The monoisotopic (exact) mass is 315 g/mol. The molecular formula is C18H25N3O2. The molecule has 2 fully saturated rings. The Bertz CT molecular complexity index is 580. The number of anilines is 2. The van der Waals surface area contributed by atoms with Crippen molar-refractivity contribution in [3.8, 4) is 0 Å².